The molecule has 0 aromatic carbocycles. The molecule has 5 N–H and O–H groups in total. The van der Waals surface area contributed by atoms with E-state index in [9.17, 15) is 67.4 Å². The molecule has 0 unspecified atom stereocenters. The van der Waals surface area contributed by atoms with Gasteiger partial charge in [0.2, 0.25) is 22.8 Å². The zero-order valence-corrected chi connectivity index (χ0v) is 65.3. The van der Waals surface area contributed by atoms with Crippen molar-refractivity contribution in [3.63, 3.8) is 0 Å². The first-order valence-electron chi connectivity index (χ1n) is 33.3. The number of Topliss-reactive ketones (excluding diaryl/α,β-unsaturated/α-hetero) is 7. The van der Waals surface area contributed by atoms with E-state index in [0.29, 0.717) is 47.4 Å². The Labute approximate surface area is 620 Å². The second kappa shape index (κ2) is 61.4. The zero-order chi connectivity index (χ0) is 71.9. The summed E-state index contributed by atoms with van der Waals surface area (Å²) in [6, 6.07) is -1.78. The maximum atomic E-state index is 13.2. The van der Waals surface area contributed by atoms with E-state index in [1.807, 2.05) is 43.6 Å². The lowest BCUT2D eigenvalue weighted by atomic mass is 9.95. The molecule has 0 saturated heterocycles. The summed E-state index contributed by atoms with van der Waals surface area (Å²) in [6.45, 7) is 11.9. The molecule has 0 aliphatic rings. The van der Waals surface area contributed by atoms with E-state index >= 15 is 0 Å². The van der Waals surface area contributed by atoms with Gasteiger partial charge in [-0.2, -0.15) is 2.52 Å². The number of carbonyl (C=O) groups excluding carboxylic acids is 11. The molecule has 0 aliphatic heterocycles. The van der Waals surface area contributed by atoms with Crippen molar-refractivity contribution < 1.29 is 100 Å². The third kappa shape index (κ3) is 54.4. The van der Waals surface area contributed by atoms with Crippen LogP contribution >= 0.6 is 99.6 Å². The molecule has 3 amide bonds. The van der Waals surface area contributed by atoms with E-state index in [0.717, 1.165) is 63.3 Å². The quantitative estimate of drug-likeness (QED) is 0.0124. The molecule has 0 aromatic rings. The van der Waals surface area contributed by atoms with E-state index < -0.39 is 35.8 Å². The van der Waals surface area contributed by atoms with Gasteiger partial charge in [0.25, 0.3) is 0 Å². The van der Waals surface area contributed by atoms with Gasteiger partial charge in [-0.25, -0.2) is 4.79 Å². The predicted octanol–water partition coefficient (Wildman–Crippen LogP) is 12.5. The Morgan fingerprint density at radius 2 is 0.927 bits per heavy atom. The first-order valence-corrected chi connectivity index (χ1v) is 42.5. The molecule has 7 atom stereocenters. The van der Waals surface area contributed by atoms with Gasteiger partial charge < -0.3 is 45.1 Å². The second-order valence-electron chi connectivity index (χ2n) is 23.8. The Morgan fingerprint density at radius 1 is 0.448 bits per heavy atom. The number of carboxylic acid groups (broad SMARTS) is 2. The number of hydrogen-bond acceptors (Lipinski definition) is 25. The zero-order valence-electron chi connectivity index (χ0n) is 57.4. The van der Waals surface area contributed by atoms with E-state index in [1.165, 1.54) is 118 Å². The first kappa shape index (κ1) is 93.7. The molecule has 0 radical (unpaired) electrons. The van der Waals surface area contributed by atoms with Gasteiger partial charge >= 0.3 is 11.9 Å². The number of unbranched alkanes of at least 4 members (excludes halogenated alkanes) is 13. The van der Waals surface area contributed by atoms with Gasteiger partial charge in [0.05, 0.1) is 45.6 Å². The molecule has 31 heteroatoms. The van der Waals surface area contributed by atoms with Crippen LogP contribution < -0.4 is 16.0 Å². The van der Waals surface area contributed by atoms with Crippen LogP contribution in [0, 0.1) is 29.6 Å². The van der Waals surface area contributed by atoms with E-state index in [4.69, 9.17) is 24.1 Å². The van der Waals surface area contributed by atoms with Crippen LogP contribution in [0.5, 0.6) is 0 Å². The number of ether oxygens (including phenoxy) is 4. The molecular formula is C65H121IN4O19S7. The second-order valence-corrected chi connectivity index (χ2v) is 34.1. The molecule has 0 rings (SSSR count). The van der Waals surface area contributed by atoms with E-state index in [1.54, 1.807) is 9.44 Å². The van der Waals surface area contributed by atoms with Gasteiger partial charge in [0, 0.05) is 159 Å². The van der Waals surface area contributed by atoms with Gasteiger partial charge in [0.15, 0.2) is 11.6 Å². The molecule has 0 aromatic heterocycles. The maximum Gasteiger partial charge on any atom is 0.326 e. The summed E-state index contributed by atoms with van der Waals surface area (Å²) in [7, 11) is 8.73. The molecule has 23 nitrogen and oxygen atoms in total. The average molecular weight is 1610 g/mol. The van der Waals surface area contributed by atoms with Crippen molar-refractivity contribution in [1.82, 2.24) is 18.5 Å². The highest BCUT2D eigenvalue weighted by Crippen LogP contribution is 2.35. The van der Waals surface area contributed by atoms with Crippen molar-refractivity contribution in [3.8, 4) is 0 Å². The summed E-state index contributed by atoms with van der Waals surface area (Å²) in [5.74, 6) is -2.77. The van der Waals surface area contributed by atoms with E-state index in [2.05, 4.69) is 16.0 Å². The lowest BCUT2D eigenvalue weighted by Gasteiger charge is -2.23. The Hall–Kier alpha value is -2.31. The van der Waals surface area contributed by atoms with Crippen LogP contribution in [0.15, 0.2) is 0 Å². The van der Waals surface area contributed by atoms with Crippen molar-refractivity contribution >= 4 is 175 Å². The Kier molecular flexibility index (Phi) is 59.9. The third-order valence-electron chi connectivity index (χ3n) is 15.0. The highest BCUT2D eigenvalue weighted by Gasteiger charge is 2.29. The predicted molar refractivity (Wildman–Crippen MR) is 410 cm³/mol. The molecule has 0 bridgehead atoms. The fourth-order valence-electron chi connectivity index (χ4n) is 8.41. The fourth-order valence-corrected chi connectivity index (χ4v) is 19.1. The normalized spacial score (nSPS) is 13.6. The van der Waals surface area contributed by atoms with Crippen LogP contribution in [0.25, 0.3) is 0 Å². The van der Waals surface area contributed by atoms with E-state index in [-0.39, 0.29) is 201 Å². The molecule has 96 heavy (non-hydrogen) atoms. The molecule has 0 heterocycles. The minimum absolute atomic E-state index is 0. The molecule has 564 valence electrons. The number of nitrogens with zero attached hydrogens (tertiary/aromatic N) is 1. The topological polar surface area (TPSA) is 339 Å². The minimum atomic E-state index is -1.20. The van der Waals surface area contributed by atoms with Crippen LogP contribution in [0.1, 0.15) is 198 Å². The van der Waals surface area contributed by atoms with Crippen molar-refractivity contribution in [1.29, 1.82) is 0 Å². The van der Waals surface area contributed by atoms with Crippen molar-refractivity contribution in [2.45, 2.75) is 202 Å². The molecule has 0 saturated carbocycles. The smallest absolute Gasteiger partial charge is 0.326 e. The number of ketones is 7. The Morgan fingerprint density at radius 3 is 1.46 bits per heavy atom. The number of hydrogen-bond donors (Lipinski definition) is 5. The third-order valence-corrected chi connectivity index (χ3v) is 25.1. The van der Waals surface area contributed by atoms with Gasteiger partial charge in [0.1, 0.15) is 48.2 Å². The number of carbonyl (C=O) groups is 13. The van der Waals surface area contributed by atoms with Crippen molar-refractivity contribution in [2.24, 2.45) is 29.6 Å². The number of aliphatic carboxylic acids is 2. The van der Waals surface area contributed by atoms with Gasteiger partial charge in [-0.15, -0.1) is 0 Å². The lowest BCUT2D eigenvalue weighted by Crippen LogP contribution is -2.41. The summed E-state index contributed by atoms with van der Waals surface area (Å²) >= 11 is 2.92. The molecule has 0 spiro atoms. The van der Waals surface area contributed by atoms with Crippen molar-refractivity contribution in [2.75, 3.05) is 100 Å². The SMILES string of the molecule is CC(=O)[C@H](CSSC[C@@H](C(C)=O)N(I)SC(=O)[C@@H](C)CSSC[C@H](C)C(=O)C[C@@H](CSSC[C@H](C)C(C)=O)C(C)=O)CC(=O)CNC(=O)COCCOCCCC(=O)COCCOCCNC(=O)CC[C@H](NC(=O)CCCCCCCCCCCCCCCCC(=O)O)C(=O)O.[HH].[HH].[HH].[HH].[HH].[HH]. The summed E-state index contributed by atoms with van der Waals surface area (Å²) < 4.78 is 23.3. The average Bonchev–Trinajstić information content (AvgIpc) is 0.902. The standard InChI is InChI=1S/C65H109IN4O19S7.6H2/c1-46(49(4)71)40-90-93-44-54(51(6)73)36-59(77)47(2)41-91-92-42-48(3)65(85)96-70(66)58(52(7)74)45-95-94-43-53(50(5)72)35-56(76)37-68-62(80)39-89-34-31-86-29-22-23-55(75)38-88-33-32-87-30-28-67-60(78)27-26-57(64(83)84)69-61(79)24-20-18-16-14-12-10-8-9-11-13-15-17-19-21-25-63(81)82;;;;;;/h46-48,53-54,57-58H,8-45H2,1-7H3,(H,67,78)(H,68,80)(H,69,79)(H,81,82)(H,83,84);6*1H/t46-,47-,48-,53-,54-,57-,58-;;;;;;/m0....../s1. The summed E-state index contributed by atoms with van der Waals surface area (Å²) in [4.78, 5) is 159. The maximum absolute atomic E-state index is 13.2. The van der Waals surface area contributed by atoms with Crippen LogP contribution in [-0.4, -0.2) is 201 Å². The highest BCUT2D eigenvalue weighted by atomic mass is 127. The number of halogens is 1. The lowest BCUT2D eigenvalue weighted by molar-refractivity contribution is -0.142. The van der Waals surface area contributed by atoms with Gasteiger partial charge in [-0.1, -0.05) is 163 Å². The number of rotatable bonds is 68. The van der Waals surface area contributed by atoms with Crippen LogP contribution in [0.4, 0.5) is 0 Å². The molecular weight excluding hydrogens is 1490 g/mol. The number of carboxylic acids is 2. The number of amides is 3. The fraction of sp³-hybridized carbons (Fsp3) is 0.800. The molecule has 0 aliphatic carbocycles. The molecule has 0 fully saturated rings. The summed E-state index contributed by atoms with van der Waals surface area (Å²) in [5.41, 5.74) is 0. The Balaban J connectivity index is -0.00000301. The van der Waals surface area contributed by atoms with Gasteiger partial charge in [-0.3, -0.25) is 57.5 Å². The van der Waals surface area contributed by atoms with Crippen molar-refractivity contribution in [3.05, 3.63) is 0 Å². The number of nitrogens with one attached hydrogen (secondary N) is 3. The summed E-state index contributed by atoms with van der Waals surface area (Å²) in [5, 5.41) is 25.8. The van der Waals surface area contributed by atoms with Gasteiger partial charge in [-0.05, 0) is 53.4 Å². The van der Waals surface area contributed by atoms with Crippen LogP contribution in [0.3, 0.4) is 0 Å². The highest BCUT2D eigenvalue weighted by molar-refractivity contribution is 14.1. The minimum Gasteiger partial charge on any atom is -0.481 e. The van der Waals surface area contributed by atoms with Crippen LogP contribution in [0.2, 0.25) is 0 Å². The van der Waals surface area contributed by atoms with Crippen LogP contribution in [-0.2, 0) is 81.3 Å². The first-order chi connectivity index (χ1) is 45.7. The largest absolute Gasteiger partial charge is 0.481 e. The summed E-state index contributed by atoms with van der Waals surface area (Å²) in [6.07, 6.45) is 15.9. The monoisotopic (exact) mass is 1610 g/mol. The Bertz CT molecular complexity index is 2350.